The fourth-order valence-electron chi connectivity index (χ4n) is 1.52. The van der Waals surface area contributed by atoms with Crippen LogP contribution in [0.15, 0.2) is 18.2 Å². The van der Waals surface area contributed by atoms with Crippen molar-refractivity contribution in [1.29, 1.82) is 0 Å². The van der Waals surface area contributed by atoms with Gasteiger partial charge in [-0.15, -0.1) is 0 Å². The van der Waals surface area contributed by atoms with E-state index in [2.05, 4.69) is 4.90 Å². The van der Waals surface area contributed by atoms with Gasteiger partial charge in [0.25, 0.3) is 0 Å². The standard InChI is InChI=1S/C12H20N2O2/c1-14(5-4-6-15-2)11-7-10(13)8-12(9-11)16-3/h7-9H,4-6,13H2,1-3H3. The lowest BCUT2D eigenvalue weighted by molar-refractivity contribution is 0.196. The summed E-state index contributed by atoms with van der Waals surface area (Å²) in [6.07, 6.45) is 0.990. The Kier molecular flexibility index (Phi) is 4.92. The number of benzene rings is 1. The Hall–Kier alpha value is -1.42. The molecule has 2 N–H and O–H groups in total. The Labute approximate surface area is 96.9 Å². The molecule has 0 saturated heterocycles. The van der Waals surface area contributed by atoms with Crippen molar-refractivity contribution in [3.05, 3.63) is 18.2 Å². The molecule has 0 amide bonds. The van der Waals surface area contributed by atoms with Crippen LogP contribution in [0, 0.1) is 0 Å². The summed E-state index contributed by atoms with van der Waals surface area (Å²) in [6, 6.07) is 5.73. The first-order valence-corrected chi connectivity index (χ1v) is 5.32. The molecular formula is C12H20N2O2. The number of rotatable bonds is 6. The van der Waals surface area contributed by atoms with Gasteiger partial charge in [0, 0.05) is 50.8 Å². The number of nitrogens with zero attached hydrogens (tertiary/aromatic N) is 1. The molecule has 16 heavy (non-hydrogen) atoms. The van der Waals surface area contributed by atoms with Crippen molar-refractivity contribution in [2.45, 2.75) is 6.42 Å². The Morgan fingerprint density at radius 3 is 2.62 bits per heavy atom. The zero-order valence-electron chi connectivity index (χ0n) is 10.2. The van der Waals surface area contributed by atoms with E-state index in [0.717, 1.165) is 31.0 Å². The summed E-state index contributed by atoms with van der Waals surface area (Å²) < 4.78 is 10.2. The van der Waals surface area contributed by atoms with Crippen LogP contribution in [-0.2, 0) is 4.74 Å². The van der Waals surface area contributed by atoms with Gasteiger partial charge in [-0.1, -0.05) is 0 Å². The molecule has 4 heteroatoms. The fraction of sp³-hybridized carbons (Fsp3) is 0.500. The van der Waals surface area contributed by atoms with E-state index in [0.29, 0.717) is 5.69 Å². The van der Waals surface area contributed by atoms with Crippen LogP contribution in [0.1, 0.15) is 6.42 Å². The Balaban J connectivity index is 2.66. The maximum absolute atomic E-state index is 5.80. The topological polar surface area (TPSA) is 47.7 Å². The Morgan fingerprint density at radius 1 is 1.25 bits per heavy atom. The van der Waals surface area contributed by atoms with Gasteiger partial charge >= 0.3 is 0 Å². The van der Waals surface area contributed by atoms with Crippen LogP contribution in [0.5, 0.6) is 5.75 Å². The smallest absolute Gasteiger partial charge is 0.122 e. The van der Waals surface area contributed by atoms with E-state index < -0.39 is 0 Å². The second kappa shape index (κ2) is 6.23. The lowest BCUT2D eigenvalue weighted by Gasteiger charge is -2.20. The Morgan fingerprint density at radius 2 is 2.00 bits per heavy atom. The molecule has 1 aromatic carbocycles. The molecule has 4 nitrogen and oxygen atoms in total. The predicted octanol–water partition coefficient (Wildman–Crippen LogP) is 1.75. The van der Waals surface area contributed by atoms with Crippen LogP contribution in [0.3, 0.4) is 0 Å². The van der Waals surface area contributed by atoms with E-state index in [1.165, 1.54) is 0 Å². The maximum atomic E-state index is 5.80. The molecule has 0 spiro atoms. The van der Waals surface area contributed by atoms with E-state index in [1.807, 2.05) is 25.2 Å². The summed E-state index contributed by atoms with van der Waals surface area (Å²) in [5.41, 5.74) is 7.57. The Bertz CT molecular complexity index is 329. The van der Waals surface area contributed by atoms with Gasteiger partial charge in [-0.25, -0.2) is 0 Å². The van der Waals surface area contributed by atoms with Crippen LogP contribution in [-0.4, -0.2) is 34.4 Å². The molecular weight excluding hydrogens is 204 g/mol. The van der Waals surface area contributed by atoms with Gasteiger partial charge in [-0.2, -0.15) is 0 Å². The fourth-order valence-corrected chi connectivity index (χ4v) is 1.52. The molecule has 0 radical (unpaired) electrons. The SMILES string of the molecule is COCCCN(C)c1cc(N)cc(OC)c1. The largest absolute Gasteiger partial charge is 0.497 e. The van der Waals surface area contributed by atoms with Crippen molar-refractivity contribution in [2.24, 2.45) is 0 Å². The summed E-state index contributed by atoms with van der Waals surface area (Å²) in [7, 11) is 5.39. The van der Waals surface area contributed by atoms with Gasteiger partial charge in [0.05, 0.1) is 7.11 Å². The van der Waals surface area contributed by atoms with Crippen molar-refractivity contribution in [3.63, 3.8) is 0 Å². The molecule has 0 unspecified atom stereocenters. The van der Waals surface area contributed by atoms with E-state index in [-0.39, 0.29) is 0 Å². The molecule has 0 aliphatic carbocycles. The molecule has 0 fully saturated rings. The number of hydrogen-bond acceptors (Lipinski definition) is 4. The summed E-state index contributed by atoms with van der Waals surface area (Å²) in [5, 5.41) is 0. The average molecular weight is 224 g/mol. The molecule has 0 saturated carbocycles. The summed E-state index contributed by atoms with van der Waals surface area (Å²) in [5.74, 6) is 0.786. The minimum absolute atomic E-state index is 0.716. The highest BCUT2D eigenvalue weighted by atomic mass is 16.5. The second-order valence-corrected chi connectivity index (χ2v) is 3.73. The van der Waals surface area contributed by atoms with Crippen molar-refractivity contribution < 1.29 is 9.47 Å². The molecule has 90 valence electrons. The quantitative estimate of drug-likeness (QED) is 0.590. The molecule has 0 aliphatic heterocycles. The van der Waals surface area contributed by atoms with Gasteiger partial charge in [-0.05, 0) is 12.5 Å². The molecule has 0 heterocycles. The first-order chi connectivity index (χ1) is 7.67. The first kappa shape index (κ1) is 12.6. The zero-order chi connectivity index (χ0) is 12.0. The molecule has 0 atom stereocenters. The highest BCUT2D eigenvalue weighted by Crippen LogP contribution is 2.24. The number of hydrogen-bond donors (Lipinski definition) is 1. The van der Waals surface area contributed by atoms with E-state index in [4.69, 9.17) is 15.2 Å². The summed E-state index contributed by atoms with van der Waals surface area (Å²) >= 11 is 0. The van der Waals surface area contributed by atoms with Gasteiger partial charge in [0.1, 0.15) is 5.75 Å². The number of anilines is 2. The zero-order valence-corrected chi connectivity index (χ0v) is 10.2. The predicted molar refractivity (Wildman–Crippen MR) is 67.2 cm³/mol. The third-order valence-corrected chi connectivity index (χ3v) is 2.43. The average Bonchev–Trinajstić information content (AvgIpc) is 2.28. The minimum Gasteiger partial charge on any atom is -0.497 e. The van der Waals surface area contributed by atoms with Gasteiger partial charge in [-0.3, -0.25) is 0 Å². The van der Waals surface area contributed by atoms with Crippen molar-refractivity contribution in [2.75, 3.05) is 45.1 Å². The third-order valence-electron chi connectivity index (χ3n) is 2.43. The highest BCUT2D eigenvalue weighted by Gasteiger charge is 2.04. The van der Waals surface area contributed by atoms with Crippen molar-refractivity contribution in [3.8, 4) is 5.75 Å². The van der Waals surface area contributed by atoms with Crippen molar-refractivity contribution >= 4 is 11.4 Å². The van der Waals surface area contributed by atoms with Crippen LogP contribution < -0.4 is 15.4 Å². The van der Waals surface area contributed by atoms with Gasteiger partial charge in [0.15, 0.2) is 0 Å². The maximum Gasteiger partial charge on any atom is 0.122 e. The lowest BCUT2D eigenvalue weighted by Crippen LogP contribution is -2.19. The summed E-state index contributed by atoms with van der Waals surface area (Å²) in [6.45, 7) is 1.70. The van der Waals surface area contributed by atoms with E-state index in [9.17, 15) is 0 Å². The number of methoxy groups -OCH3 is 2. The number of nitrogens with two attached hydrogens (primary N) is 1. The minimum atomic E-state index is 0.716. The number of nitrogen functional groups attached to an aromatic ring is 1. The normalized spacial score (nSPS) is 10.2. The first-order valence-electron chi connectivity index (χ1n) is 5.32. The molecule has 0 aromatic heterocycles. The lowest BCUT2D eigenvalue weighted by atomic mass is 10.2. The molecule has 0 aliphatic rings. The van der Waals surface area contributed by atoms with Crippen LogP contribution in [0.25, 0.3) is 0 Å². The van der Waals surface area contributed by atoms with Crippen LogP contribution in [0.4, 0.5) is 11.4 Å². The van der Waals surface area contributed by atoms with E-state index >= 15 is 0 Å². The molecule has 1 rings (SSSR count). The highest BCUT2D eigenvalue weighted by molar-refractivity contribution is 5.60. The van der Waals surface area contributed by atoms with Gasteiger partial charge < -0.3 is 20.1 Å². The van der Waals surface area contributed by atoms with Crippen molar-refractivity contribution in [1.82, 2.24) is 0 Å². The van der Waals surface area contributed by atoms with Gasteiger partial charge in [0.2, 0.25) is 0 Å². The third kappa shape index (κ3) is 3.62. The van der Waals surface area contributed by atoms with Crippen LogP contribution >= 0.6 is 0 Å². The number of ether oxygens (including phenoxy) is 2. The second-order valence-electron chi connectivity index (χ2n) is 3.73. The molecule has 0 bridgehead atoms. The van der Waals surface area contributed by atoms with Crippen LogP contribution in [0.2, 0.25) is 0 Å². The monoisotopic (exact) mass is 224 g/mol. The molecule has 1 aromatic rings. The summed E-state index contributed by atoms with van der Waals surface area (Å²) in [4.78, 5) is 2.14. The van der Waals surface area contributed by atoms with E-state index in [1.54, 1.807) is 14.2 Å².